The van der Waals surface area contributed by atoms with E-state index in [2.05, 4.69) is 4.74 Å². The van der Waals surface area contributed by atoms with Gasteiger partial charge in [0.05, 0.1) is 11.0 Å². The Morgan fingerprint density at radius 1 is 1.28 bits per heavy atom. The Bertz CT molecular complexity index is 473. The molecule has 1 atom stereocenters. The van der Waals surface area contributed by atoms with E-state index in [1.165, 1.54) is 33.8 Å². The van der Waals surface area contributed by atoms with E-state index < -0.39 is 31.4 Å². The van der Waals surface area contributed by atoms with Gasteiger partial charge < -0.3 is 9.84 Å². The van der Waals surface area contributed by atoms with Crippen LogP contribution < -0.4 is 5.73 Å². The van der Waals surface area contributed by atoms with Crippen LogP contribution in [-0.2, 0) is 24.2 Å². The third-order valence-corrected chi connectivity index (χ3v) is 4.96. The number of allylic oxidation sites excluding steroid dienone is 1. The van der Waals surface area contributed by atoms with Crippen molar-refractivity contribution in [2.75, 3.05) is 0 Å². The first-order valence-electron chi connectivity index (χ1n) is 5.01. The minimum Gasteiger partial charge on any atom is -0.479 e. The van der Waals surface area contributed by atoms with Crippen molar-refractivity contribution in [3.63, 3.8) is 0 Å². The number of rotatable bonds is 4. The number of esters is 1. The summed E-state index contributed by atoms with van der Waals surface area (Å²) in [7, 11) is -4.50. The van der Waals surface area contributed by atoms with Gasteiger partial charge in [-0.05, 0) is 27.7 Å². The number of carboxylic acid groups (broad SMARTS) is 1. The van der Waals surface area contributed by atoms with Crippen LogP contribution in [0.1, 0.15) is 27.7 Å². The molecule has 0 aromatic heterocycles. The molecule has 18 heavy (non-hydrogen) atoms. The van der Waals surface area contributed by atoms with Crippen LogP contribution in [0.5, 0.6) is 0 Å². The molecule has 0 amide bonds. The zero-order valence-electron chi connectivity index (χ0n) is 10.6. The van der Waals surface area contributed by atoms with Gasteiger partial charge in [0.25, 0.3) is 0 Å². The third kappa shape index (κ3) is 2.54. The lowest BCUT2D eigenvalue weighted by molar-refractivity contribution is -0.152. The molecular weight excluding hydrogens is 262 g/mol. The first kappa shape index (κ1) is 16.6. The van der Waals surface area contributed by atoms with E-state index >= 15 is 0 Å². The van der Waals surface area contributed by atoms with Crippen molar-refractivity contribution in [3.8, 4) is 0 Å². The van der Waals surface area contributed by atoms with Crippen LogP contribution in [0.4, 0.5) is 0 Å². The van der Waals surface area contributed by atoms with Crippen molar-refractivity contribution in [1.29, 1.82) is 0 Å². The maximum atomic E-state index is 12.1. The zero-order chi connectivity index (χ0) is 14.8. The molecule has 3 N–H and O–H groups in total. The van der Waals surface area contributed by atoms with E-state index in [0.717, 1.165) is 6.26 Å². The molecule has 0 bridgehead atoms. The fourth-order valence-corrected chi connectivity index (χ4v) is 2.48. The minimum atomic E-state index is -4.50. The highest BCUT2D eigenvalue weighted by molar-refractivity contribution is 7.95. The summed E-state index contributed by atoms with van der Waals surface area (Å²) in [6.07, 6.45) is 2.16. The van der Waals surface area contributed by atoms with Gasteiger partial charge in [0.15, 0.2) is 9.84 Å². The second-order valence-electron chi connectivity index (χ2n) is 4.53. The van der Waals surface area contributed by atoms with Crippen molar-refractivity contribution >= 4 is 21.8 Å². The van der Waals surface area contributed by atoms with Gasteiger partial charge in [-0.3, -0.25) is 5.73 Å². The molecular formula is C10H17NO6S. The van der Waals surface area contributed by atoms with E-state index in [0.29, 0.717) is 0 Å². The first-order valence-corrected chi connectivity index (χ1v) is 6.50. The van der Waals surface area contributed by atoms with Crippen LogP contribution in [0.15, 0.2) is 12.3 Å². The number of hydrogen-bond acceptors (Lipinski definition) is 6. The summed E-state index contributed by atoms with van der Waals surface area (Å²) in [5.74, 6) is -3.53. The van der Waals surface area contributed by atoms with Gasteiger partial charge in [0.2, 0.25) is 0 Å². The van der Waals surface area contributed by atoms with Crippen molar-refractivity contribution < 1.29 is 27.9 Å². The van der Waals surface area contributed by atoms with E-state index in [-0.39, 0.29) is 0 Å². The molecule has 0 radical (unpaired) electrons. The van der Waals surface area contributed by atoms with Crippen molar-refractivity contribution in [2.45, 2.75) is 37.3 Å². The Morgan fingerprint density at radius 3 is 2.00 bits per heavy atom. The van der Waals surface area contributed by atoms with Crippen LogP contribution >= 0.6 is 0 Å². The van der Waals surface area contributed by atoms with Crippen LogP contribution in [0, 0.1) is 0 Å². The summed E-state index contributed by atoms with van der Waals surface area (Å²) in [4.78, 5) is 19.6. The van der Waals surface area contributed by atoms with Crippen LogP contribution in [-0.4, -0.2) is 35.1 Å². The van der Waals surface area contributed by atoms with Crippen LogP contribution in [0.25, 0.3) is 0 Å². The fraction of sp³-hybridized carbons (Fsp3) is 0.600. The molecule has 0 aliphatic carbocycles. The molecule has 104 valence electrons. The van der Waals surface area contributed by atoms with Gasteiger partial charge in [0, 0.05) is 0 Å². The first-order chi connectivity index (χ1) is 7.92. The van der Waals surface area contributed by atoms with Crippen molar-refractivity contribution in [2.24, 2.45) is 5.73 Å². The standard InChI is InChI=1S/C10H17NO6S/c1-5-6-17-8(14)10(11,7(12)13)18(15,16)9(2,3)4/h5-6H,11H2,1-4H3,(H,12,13). The normalized spacial score (nSPS) is 16.3. The lowest BCUT2D eigenvalue weighted by Gasteiger charge is -2.29. The number of sulfone groups is 1. The Labute approximate surface area is 106 Å². The van der Waals surface area contributed by atoms with E-state index in [1.54, 1.807) is 0 Å². The molecule has 0 saturated heterocycles. The summed E-state index contributed by atoms with van der Waals surface area (Å²) in [6, 6.07) is 0. The number of carboxylic acids is 1. The molecule has 0 aromatic carbocycles. The monoisotopic (exact) mass is 279 g/mol. The molecule has 8 heteroatoms. The molecule has 0 aromatic rings. The number of carbonyl (C=O) groups excluding carboxylic acids is 1. The quantitative estimate of drug-likeness (QED) is 0.422. The average Bonchev–Trinajstić information content (AvgIpc) is 2.22. The van der Waals surface area contributed by atoms with Crippen LogP contribution in [0.3, 0.4) is 0 Å². The Balaban J connectivity index is 5.86. The minimum absolute atomic E-state index is 0.866. The van der Waals surface area contributed by atoms with Crippen molar-refractivity contribution in [3.05, 3.63) is 12.3 Å². The fourth-order valence-electron chi connectivity index (χ4n) is 1.01. The van der Waals surface area contributed by atoms with Gasteiger partial charge in [-0.1, -0.05) is 6.08 Å². The highest BCUT2D eigenvalue weighted by Gasteiger charge is 2.60. The molecule has 1 unspecified atom stereocenters. The lowest BCUT2D eigenvalue weighted by atomic mass is 10.2. The molecule has 0 saturated carbocycles. The predicted octanol–water partition coefficient (Wildman–Crippen LogP) is 0.0161. The molecule has 0 fully saturated rings. The maximum absolute atomic E-state index is 12.1. The Kier molecular flexibility index (Phi) is 4.67. The molecule has 0 spiro atoms. The van der Waals surface area contributed by atoms with E-state index in [4.69, 9.17) is 10.8 Å². The summed E-state index contributed by atoms with van der Waals surface area (Å²) in [6.45, 7) is 5.24. The van der Waals surface area contributed by atoms with Crippen LogP contribution in [0.2, 0.25) is 0 Å². The van der Waals surface area contributed by atoms with Gasteiger partial charge in [-0.25, -0.2) is 18.0 Å². The number of nitrogens with two attached hydrogens (primary N) is 1. The summed E-state index contributed by atoms with van der Waals surface area (Å²) in [5, 5.41) is 8.97. The SMILES string of the molecule is CC=COC(=O)C(N)(C(=O)O)S(=O)(=O)C(C)(C)C. The topological polar surface area (TPSA) is 124 Å². The smallest absolute Gasteiger partial charge is 0.358 e. The number of ether oxygens (including phenoxy) is 1. The second-order valence-corrected chi connectivity index (χ2v) is 7.41. The highest BCUT2D eigenvalue weighted by atomic mass is 32.2. The molecule has 0 heterocycles. The summed E-state index contributed by atoms with van der Waals surface area (Å²) >= 11 is 0. The lowest BCUT2D eigenvalue weighted by Crippen LogP contribution is -2.65. The van der Waals surface area contributed by atoms with Gasteiger partial charge in [-0.2, -0.15) is 0 Å². The zero-order valence-corrected chi connectivity index (χ0v) is 11.4. The highest BCUT2D eigenvalue weighted by Crippen LogP contribution is 2.27. The second kappa shape index (κ2) is 5.07. The summed E-state index contributed by atoms with van der Waals surface area (Å²) < 4.78 is 27.1. The third-order valence-electron chi connectivity index (χ3n) is 2.16. The molecule has 7 nitrogen and oxygen atoms in total. The molecule has 0 aliphatic rings. The average molecular weight is 279 g/mol. The maximum Gasteiger partial charge on any atom is 0.358 e. The number of carbonyl (C=O) groups is 2. The number of hydrogen-bond donors (Lipinski definition) is 2. The van der Waals surface area contributed by atoms with E-state index in [9.17, 15) is 18.0 Å². The Hall–Kier alpha value is -1.41. The van der Waals surface area contributed by atoms with Gasteiger partial charge in [0.1, 0.15) is 0 Å². The number of aliphatic carboxylic acids is 1. The largest absolute Gasteiger partial charge is 0.479 e. The molecule has 0 aliphatic heterocycles. The van der Waals surface area contributed by atoms with E-state index in [1.807, 2.05) is 0 Å². The Morgan fingerprint density at radius 2 is 1.72 bits per heavy atom. The molecule has 0 rings (SSSR count). The van der Waals surface area contributed by atoms with Crippen molar-refractivity contribution in [1.82, 2.24) is 0 Å². The summed E-state index contributed by atoms with van der Waals surface area (Å²) in [5.41, 5.74) is 5.29. The van der Waals surface area contributed by atoms with Gasteiger partial charge in [-0.15, -0.1) is 0 Å². The van der Waals surface area contributed by atoms with Gasteiger partial charge >= 0.3 is 16.8 Å². The predicted molar refractivity (Wildman–Crippen MR) is 64.1 cm³/mol.